The zero-order chi connectivity index (χ0) is 24.8. The molecule has 7 nitrogen and oxygen atoms in total. The number of alkyl halides is 3. The van der Waals surface area contributed by atoms with E-state index in [2.05, 4.69) is 14.8 Å². The van der Waals surface area contributed by atoms with Gasteiger partial charge in [0.15, 0.2) is 5.13 Å². The third kappa shape index (κ3) is 4.50. The van der Waals surface area contributed by atoms with Gasteiger partial charge in [0, 0.05) is 47.9 Å². The number of aromatic nitrogens is 3. The van der Waals surface area contributed by atoms with Crippen molar-refractivity contribution < 1.29 is 26.3 Å². The molecular weight excluding hydrogens is 501 g/mol. The second kappa shape index (κ2) is 8.68. The monoisotopic (exact) mass is 520 g/mol. The van der Waals surface area contributed by atoms with Crippen LogP contribution in [-0.2, 0) is 23.2 Å². The van der Waals surface area contributed by atoms with E-state index < -0.39 is 21.8 Å². The molecule has 0 saturated heterocycles. The zero-order valence-electron chi connectivity index (χ0n) is 18.3. The number of rotatable bonds is 5. The van der Waals surface area contributed by atoms with E-state index in [4.69, 9.17) is 4.74 Å². The first-order valence-electron chi connectivity index (χ1n) is 10.5. The molecule has 1 aliphatic heterocycles. The lowest BCUT2D eigenvalue weighted by Crippen LogP contribution is -2.18. The number of hydrogen-bond donors (Lipinski definition) is 1. The van der Waals surface area contributed by atoms with Crippen molar-refractivity contribution >= 4 is 26.5 Å². The highest BCUT2D eigenvalue weighted by Crippen LogP contribution is 2.44. The molecule has 0 radical (unpaired) electrons. The molecular formula is C23H19F3N4O3S2. The standard InChI is InChI=1S/C23H19F3N4O3S2/c1-30-20(6-8-28-30)19-12-14(23(24,25)26)2-4-16(19)17-7-10-33-21-13-15(3-5-18(17)21)35(31,32)29-22-27-9-11-34-22/h2-6,8-9,11-13,17H,7,10H2,1H3,(H,27,29)/t17-/m1/s1. The molecule has 1 atom stereocenters. The number of benzene rings is 2. The third-order valence-corrected chi connectivity index (χ3v) is 8.00. The van der Waals surface area contributed by atoms with Crippen molar-refractivity contribution in [2.45, 2.75) is 23.4 Å². The minimum atomic E-state index is -4.49. The summed E-state index contributed by atoms with van der Waals surface area (Å²) < 4.78 is 75.8. The Labute approximate surface area is 203 Å². The van der Waals surface area contributed by atoms with Crippen LogP contribution in [0.1, 0.15) is 29.0 Å². The molecule has 3 heterocycles. The van der Waals surface area contributed by atoms with Gasteiger partial charge in [-0.05, 0) is 36.2 Å². The number of ether oxygens (including phenoxy) is 1. The Morgan fingerprint density at radius 3 is 2.60 bits per heavy atom. The SMILES string of the molecule is Cn1nccc1-c1cc(C(F)(F)F)ccc1[C@H]1CCOc2cc(S(=O)(=O)Nc3nccs3)ccc21. The Hall–Kier alpha value is -3.38. The topological polar surface area (TPSA) is 86.1 Å². The summed E-state index contributed by atoms with van der Waals surface area (Å²) in [5, 5.41) is 6.02. The highest BCUT2D eigenvalue weighted by molar-refractivity contribution is 7.93. The van der Waals surface area contributed by atoms with E-state index in [1.54, 1.807) is 24.6 Å². The molecule has 0 amide bonds. The highest BCUT2D eigenvalue weighted by atomic mass is 32.2. The summed E-state index contributed by atoms with van der Waals surface area (Å²) in [7, 11) is -2.22. The number of thiazole rings is 1. The number of anilines is 1. The summed E-state index contributed by atoms with van der Waals surface area (Å²) >= 11 is 1.16. The molecule has 2 aromatic carbocycles. The van der Waals surface area contributed by atoms with Crippen LogP contribution in [0.15, 0.2) is 65.1 Å². The van der Waals surface area contributed by atoms with Crippen LogP contribution >= 0.6 is 11.3 Å². The van der Waals surface area contributed by atoms with Gasteiger partial charge in [-0.15, -0.1) is 11.3 Å². The maximum atomic E-state index is 13.5. The van der Waals surface area contributed by atoms with E-state index in [1.165, 1.54) is 35.3 Å². The Bertz CT molecular complexity index is 1480. The number of sulfonamides is 1. The van der Waals surface area contributed by atoms with Crippen LogP contribution in [-0.4, -0.2) is 29.8 Å². The fraction of sp³-hybridized carbons (Fsp3) is 0.217. The number of nitrogens with zero attached hydrogens (tertiary/aromatic N) is 3. The number of aryl methyl sites for hydroxylation is 1. The van der Waals surface area contributed by atoms with Crippen LogP contribution in [0, 0.1) is 0 Å². The van der Waals surface area contributed by atoms with Gasteiger partial charge in [-0.3, -0.25) is 9.40 Å². The predicted molar refractivity (Wildman–Crippen MR) is 125 cm³/mol. The first-order chi connectivity index (χ1) is 16.6. The van der Waals surface area contributed by atoms with Crippen LogP contribution in [0.4, 0.5) is 18.3 Å². The van der Waals surface area contributed by atoms with Crippen molar-refractivity contribution in [1.82, 2.24) is 14.8 Å². The minimum Gasteiger partial charge on any atom is -0.493 e. The van der Waals surface area contributed by atoms with Gasteiger partial charge in [0.2, 0.25) is 0 Å². The van der Waals surface area contributed by atoms with Crippen LogP contribution in [0.5, 0.6) is 5.75 Å². The normalized spacial score (nSPS) is 15.9. The van der Waals surface area contributed by atoms with E-state index in [9.17, 15) is 21.6 Å². The maximum absolute atomic E-state index is 13.5. The maximum Gasteiger partial charge on any atom is 0.416 e. The Kier molecular flexibility index (Phi) is 5.80. The average molecular weight is 521 g/mol. The fourth-order valence-electron chi connectivity index (χ4n) is 4.20. The van der Waals surface area contributed by atoms with Crippen molar-refractivity contribution in [3.05, 3.63) is 76.9 Å². The van der Waals surface area contributed by atoms with E-state index in [0.717, 1.165) is 23.5 Å². The van der Waals surface area contributed by atoms with Crippen molar-refractivity contribution in [3.8, 4) is 17.0 Å². The highest BCUT2D eigenvalue weighted by Gasteiger charge is 2.33. The van der Waals surface area contributed by atoms with Gasteiger partial charge >= 0.3 is 6.18 Å². The molecule has 0 aliphatic carbocycles. The van der Waals surface area contributed by atoms with Crippen LogP contribution in [0.25, 0.3) is 11.3 Å². The van der Waals surface area contributed by atoms with Crippen molar-refractivity contribution in [2.75, 3.05) is 11.3 Å². The molecule has 1 N–H and O–H groups in total. The summed E-state index contributed by atoms with van der Waals surface area (Å²) in [5.74, 6) is 0.0775. The largest absolute Gasteiger partial charge is 0.493 e. The predicted octanol–water partition coefficient (Wildman–Crippen LogP) is 5.28. The smallest absolute Gasteiger partial charge is 0.416 e. The number of nitrogens with one attached hydrogen (secondary N) is 1. The van der Waals surface area contributed by atoms with E-state index in [1.807, 2.05) is 0 Å². The molecule has 5 rings (SSSR count). The quantitative estimate of drug-likeness (QED) is 0.387. The minimum absolute atomic E-state index is 0.00590. The molecule has 12 heteroatoms. The third-order valence-electron chi connectivity index (χ3n) is 5.84. The first-order valence-corrected chi connectivity index (χ1v) is 12.9. The van der Waals surface area contributed by atoms with E-state index in [-0.39, 0.29) is 22.6 Å². The fourth-order valence-corrected chi connectivity index (χ4v) is 6.01. The number of hydrogen-bond acceptors (Lipinski definition) is 6. The first kappa shape index (κ1) is 23.4. The van der Waals surface area contributed by atoms with Crippen LogP contribution in [0.2, 0.25) is 0 Å². The van der Waals surface area contributed by atoms with Gasteiger partial charge < -0.3 is 4.74 Å². The summed E-state index contributed by atoms with van der Waals surface area (Å²) in [6.45, 7) is 0.285. The van der Waals surface area contributed by atoms with E-state index >= 15 is 0 Å². The van der Waals surface area contributed by atoms with Crippen molar-refractivity contribution in [3.63, 3.8) is 0 Å². The molecule has 35 heavy (non-hydrogen) atoms. The molecule has 4 aromatic rings. The Balaban J connectivity index is 1.57. The van der Waals surface area contributed by atoms with Gasteiger partial charge in [-0.1, -0.05) is 12.1 Å². The Morgan fingerprint density at radius 1 is 1.11 bits per heavy atom. The van der Waals surface area contributed by atoms with Gasteiger partial charge in [0.05, 0.1) is 22.8 Å². The van der Waals surface area contributed by atoms with Crippen LogP contribution < -0.4 is 9.46 Å². The van der Waals surface area contributed by atoms with Gasteiger partial charge in [-0.25, -0.2) is 13.4 Å². The molecule has 1 aliphatic rings. The summed E-state index contributed by atoms with van der Waals surface area (Å²) in [6.07, 6.45) is -0.948. The molecule has 0 saturated carbocycles. The summed E-state index contributed by atoms with van der Waals surface area (Å²) in [5.41, 5.74) is 1.60. The van der Waals surface area contributed by atoms with E-state index in [0.29, 0.717) is 34.6 Å². The second-order valence-electron chi connectivity index (χ2n) is 7.97. The number of halogens is 3. The molecule has 0 fully saturated rings. The van der Waals surface area contributed by atoms with Gasteiger partial charge in [0.25, 0.3) is 10.0 Å². The number of fused-ring (bicyclic) bond motifs is 1. The van der Waals surface area contributed by atoms with Crippen molar-refractivity contribution in [2.24, 2.45) is 7.05 Å². The lowest BCUT2D eigenvalue weighted by Gasteiger charge is -2.28. The van der Waals surface area contributed by atoms with Crippen molar-refractivity contribution in [1.29, 1.82) is 0 Å². The Morgan fingerprint density at radius 2 is 1.91 bits per heavy atom. The molecule has 0 spiro atoms. The second-order valence-corrected chi connectivity index (χ2v) is 10.5. The van der Waals surface area contributed by atoms with Crippen LogP contribution in [0.3, 0.4) is 0 Å². The zero-order valence-corrected chi connectivity index (χ0v) is 19.9. The summed E-state index contributed by atoms with van der Waals surface area (Å²) in [6, 6.07) is 9.91. The lowest BCUT2D eigenvalue weighted by atomic mass is 9.83. The lowest BCUT2D eigenvalue weighted by molar-refractivity contribution is -0.137. The molecule has 2 aromatic heterocycles. The molecule has 0 unspecified atom stereocenters. The summed E-state index contributed by atoms with van der Waals surface area (Å²) in [4.78, 5) is 3.95. The molecule has 0 bridgehead atoms. The molecule has 182 valence electrons. The van der Waals surface area contributed by atoms with Gasteiger partial charge in [0.1, 0.15) is 5.75 Å². The van der Waals surface area contributed by atoms with Gasteiger partial charge in [-0.2, -0.15) is 18.3 Å². The average Bonchev–Trinajstić information content (AvgIpc) is 3.48.